The van der Waals surface area contributed by atoms with Gasteiger partial charge < -0.3 is 14.7 Å². The molecule has 0 saturated carbocycles. The van der Waals surface area contributed by atoms with Crippen molar-refractivity contribution in [3.8, 4) is 5.75 Å². The second-order valence-corrected chi connectivity index (χ2v) is 7.86. The Kier molecular flexibility index (Phi) is 6.95. The standard InChI is InChI=1S/C16H24N2O6S/c1-6-11(2)18(10-15(19)20)16(21)12-7-8-13(24-5)14(9-12)25(22,23)17(3)4/h7-9,11H,6,10H2,1-5H3,(H,19,20). The van der Waals surface area contributed by atoms with Gasteiger partial charge in [0.25, 0.3) is 5.91 Å². The lowest BCUT2D eigenvalue weighted by Gasteiger charge is -2.27. The number of ether oxygens (including phenoxy) is 1. The van der Waals surface area contributed by atoms with Gasteiger partial charge in [-0.1, -0.05) is 6.92 Å². The molecule has 1 aromatic rings. The molecule has 0 saturated heterocycles. The van der Waals surface area contributed by atoms with Gasteiger partial charge in [-0.25, -0.2) is 12.7 Å². The van der Waals surface area contributed by atoms with Crippen LogP contribution in [-0.4, -0.2) is 68.4 Å². The minimum Gasteiger partial charge on any atom is -0.495 e. The predicted octanol–water partition coefficient (Wildman–Crippen LogP) is 1.27. The number of sulfonamides is 1. The largest absolute Gasteiger partial charge is 0.495 e. The van der Waals surface area contributed by atoms with Gasteiger partial charge in [0, 0.05) is 25.7 Å². The second kappa shape index (κ2) is 8.30. The summed E-state index contributed by atoms with van der Waals surface area (Å²) in [4.78, 5) is 24.9. The number of nitrogens with zero attached hydrogens (tertiary/aromatic N) is 2. The first kappa shape index (κ1) is 20.9. The van der Waals surface area contributed by atoms with E-state index in [1.165, 1.54) is 44.3 Å². The lowest BCUT2D eigenvalue weighted by molar-refractivity contribution is -0.138. The molecule has 0 radical (unpaired) electrons. The molecule has 0 aromatic heterocycles. The monoisotopic (exact) mass is 372 g/mol. The number of aliphatic carboxylic acids is 1. The van der Waals surface area contributed by atoms with Gasteiger partial charge in [-0.15, -0.1) is 0 Å². The Balaban J connectivity index is 3.42. The number of carboxylic acid groups (broad SMARTS) is 1. The zero-order valence-corrected chi connectivity index (χ0v) is 15.8. The first-order valence-electron chi connectivity index (χ1n) is 7.69. The van der Waals surface area contributed by atoms with E-state index >= 15 is 0 Å². The molecule has 1 rings (SSSR count). The molecule has 1 N–H and O–H groups in total. The molecule has 0 aliphatic carbocycles. The van der Waals surface area contributed by atoms with E-state index < -0.39 is 28.4 Å². The number of hydrogen-bond acceptors (Lipinski definition) is 5. The van der Waals surface area contributed by atoms with Gasteiger partial charge in [-0.05, 0) is 31.5 Å². The van der Waals surface area contributed by atoms with Crippen molar-refractivity contribution < 1.29 is 27.9 Å². The van der Waals surface area contributed by atoms with Crippen LogP contribution in [-0.2, 0) is 14.8 Å². The average Bonchev–Trinajstić information content (AvgIpc) is 2.57. The number of carboxylic acids is 1. The van der Waals surface area contributed by atoms with Gasteiger partial charge >= 0.3 is 5.97 Å². The summed E-state index contributed by atoms with van der Waals surface area (Å²) >= 11 is 0. The Bertz CT molecular complexity index is 745. The molecule has 25 heavy (non-hydrogen) atoms. The molecule has 8 nitrogen and oxygen atoms in total. The maximum Gasteiger partial charge on any atom is 0.323 e. The number of methoxy groups -OCH3 is 1. The van der Waals surface area contributed by atoms with Crippen molar-refractivity contribution in [1.29, 1.82) is 0 Å². The van der Waals surface area contributed by atoms with Gasteiger partial charge in [0.1, 0.15) is 17.2 Å². The molecule has 0 bridgehead atoms. The Morgan fingerprint density at radius 3 is 2.32 bits per heavy atom. The second-order valence-electron chi connectivity index (χ2n) is 5.74. The van der Waals surface area contributed by atoms with Gasteiger partial charge in [-0.2, -0.15) is 0 Å². The molecule has 0 spiro atoms. The molecular weight excluding hydrogens is 348 g/mol. The topological polar surface area (TPSA) is 104 Å². The van der Waals surface area contributed by atoms with Crippen molar-refractivity contribution >= 4 is 21.9 Å². The fourth-order valence-electron chi connectivity index (χ4n) is 2.17. The van der Waals surface area contributed by atoms with E-state index in [1.54, 1.807) is 6.92 Å². The van der Waals surface area contributed by atoms with E-state index in [0.29, 0.717) is 6.42 Å². The Labute approximate surface area is 148 Å². The molecule has 0 fully saturated rings. The van der Waals surface area contributed by atoms with Crippen LogP contribution in [0.2, 0.25) is 0 Å². The number of amides is 1. The first-order valence-corrected chi connectivity index (χ1v) is 9.13. The number of carbonyl (C=O) groups is 2. The van der Waals surface area contributed by atoms with Crippen LogP contribution in [0.5, 0.6) is 5.75 Å². The van der Waals surface area contributed by atoms with Gasteiger partial charge in [-0.3, -0.25) is 9.59 Å². The molecule has 1 unspecified atom stereocenters. The lowest BCUT2D eigenvalue weighted by Crippen LogP contribution is -2.41. The van der Waals surface area contributed by atoms with E-state index in [1.807, 2.05) is 6.92 Å². The summed E-state index contributed by atoms with van der Waals surface area (Å²) in [6, 6.07) is 3.72. The lowest BCUT2D eigenvalue weighted by atomic mass is 10.1. The maximum atomic E-state index is 12.7. The predicted molar refractivity (Wildman–Crippen MR) is 92.3 cm³/mol. The highest BCUT2D eigenvalue weighted by Gasteiger charge is 2.27. The van der Waals surface area contributed by atoms with E-state index in [0.717, 1.165) is 4.31 Å². The normalized spacial score (nSPS) is 12.7. The fraction of sp³-hybridized carbons (Fsp3) is 0.500. The van der Waals surface area contributed by atoms with Crippen LogP contribution in [0.4, 0.5) is 0 Å². The Morgan fingerprint density at radius 1 is 1.28 bits per heavy atom. The number of carbonyl (C=O) groups excluding carboxylic acids is 1. The summed E-state index contributed by atoms with van der Waals surface area (Å²) in [7, 11) is 0.254. The highest BCUT2D eigenvalue weighted by Crippen LogP contribution is 2.27. The molecular formula is C16H24N2O6S. The summed E-state index contributed by atoms with van der Waals surface area (Å²) in [5.41, 5.74) is 0.0859. The summed E-state index contributed by atoms with van der Waals surface area (Å²) in [6.45, 7) is 3.11. The highest BCUT2D eigenvalue weighted by molar-refractivity contribution is 7.89. The van der Waals surface area contributed by atoms with E-state index in [4.69, 9.17) is 9.84 Å². The Morgan fingerprint density at radius 2 is 1.88 bits per heavy atom. The van der Waals surface area contributed by atoms with E-state index in [2.05, 4.69) is 0 Å². The molecule has 140 valence electrons. The van der Waals surface area contributed by atoms with Gasteiger partial charge in [0.2, 0.25) is 10.0 Å². The molecule has 0 aliphatic heterocycles. The minimum atomic E-state index is -3.83. The number of hydrogen-bond donors (Lipinski definition) is 1. The van der Waals surface area contributed by atoms with Gasteiger partial charge in [0.05, 0.1) is 7.11 Å². The smallest absolute Gasteiger partial charge is 0.323 e. The number of benzene rings is 1. The van der Waals surface area contributed by atoms with Crippen molar-refractivity contribution in [3.63, 3.8) is 0 Å². The van der Waals surface area contributed by atoms with Crippen LogP contribution < -0.4 is 4.74 Å². The molecule has 0 aliphatic rings. The first-order chi connectivity index (χ1) is 11.6. The molecule has 1 amide bonds. The van der Waals surface area contributed by atoms with E-state index in [9.17, 15) is 18.0 Å². The van der Waals surface area contributed by atoms with Crippen molar-refractivity contribution in [2.75, 3.05) is 27.7 Å². The summed E-state index contributed by atoms with van der Waals surface area (Å²) in [6.07, 6.45) is 0.567. The molecule has 0 heterocycles. The van der Waals surface area contributed by atoms with Crippen molar-refractivity contribution in [1.82, 2.24) is 9.21 Å². The molecule has 9 heteroatoms. The molecule has 1 atom stereocenters. The fourth-order valence-corrected chi connectivity index (χ4v) is 3.24. The quantitative estimate of drug-likeness (QED) is 0.737. The summed E-state index contributed by atoms with van der Waals surface area (Å²) in [5, 5.41) is 9.05. The van der Waals surface area contributed by atoms with Gasteiger partial charge in [0.15, 0.2) is 0 Å². The van der Waals surface area contributed by atoms with Crippen LogP contribution >= 0.6 is 0 Å². The minimum absolute atomic E-state index is 0.0859. The zero-order chi connectivity index (χ0) is 19.4. The summed E-state index contributed by atoms with van der Waals surface area (Å²) in [5.74, 6) is -1.57. The third-order valence-corrected chi connectivity index (χ3v) is 5.69. The number of rotatable bonds is 8. The van der Waals surface area contributed by atoms with Crippen molar-refractivity contribution in [3.05, 3.63) is 23.8 Å². The van der Waals surface area contributed by atoms with Crippen LogP contribution in [0.25, 0.3) is 0 Å². The molecule has 1 aromatic carbocycles. The SMILES string of the molecule is CCC(C)N(CC(=O)O)C(=O)c1ccc(OC)c(S(=O)(=O)N(C)C)c1. The Hall–Kier alpha value is -2.13. The van der Waals surface area contributed by atoms with Crippen LogP contribution in [0, 0.1) is 0 Å². The van der Waals surface area contributed by atoms with Crippen LogP contribution in [0.1, 0.15) is 30.6 Å². The zero-order valence-electron chi connectivity index (χ0n) is 15.0. The average molecular weight is 372 g/mol. The summed E-state index contributed by atoms with van der Waals surface area (Å²) < 4.78 is 31.0. The van der Waals surface area contributed by atoms with E-state index in [-0.39, 0.29) is 22.3 Å². The van der Waals surface area contributed by atoms with Crippen LogP contribution in [0.15, 0.2) is 23.1 Å². The highest BCUT2D eigenvalue weighted by atomic mass is 32.2. The van der Waals surface area contributed by atoms with Crippen molar-refractivity contribution in [2.45, 2.75) is 31.2 Å². The van der Waals surface area contributed by atoms with Crippen LogP contribution in [0.3, 0.4) is 0 Å². The van der Waals surface area contributed by atoms with Crippen molar-refractivity contribution in [2.24, 2.45) is 0 Å². The maximum absolute atomic E-state index is 12.7. The third-order valence-electron chi connectivity index (χ3n) is 3.86. The third kappa shape index (κ3) is 4.70.